The van der Waals surface area contributed by atoms with Gasteiger partial charge in [0, 0.05) is 6.42 Å². The summed E-state index contributed by atoms with van der Waals surface area (Å²) in [5, 5.41) is 0. The van der Waals surface area contributed by atoms with Crippen molar-refractivity contribution >= 4 is 19.4 Å². The van der Waals surface area contributed by atoms with Crippen molar-refractivity contribution in [2.45, 2.75) is 25.0 Å². The molecule has 126 valence electrons. The van der Waals surface area contributed by atoms with Crippen LogP contribution in [-0.4, -0.2) is 25.4 Å². The van der Waals surface area contributed by atoms with Crippen molar-refractivity contribution in [3.05, 3.63) is 78.1 Å². The summed E-state index contributed by atoms with van der Waals surface area (Å²) < 4.78 is 19.0. The Morgan fingerprint density at radius 2 is 1.92 bits per heavy atom. The summed E-state index contributed by atoms with van der Waals surface area (Å²) in [6.45, 7) is 6.09. The SMILES string of the molecule is [B]c1ccc([C@H](C)N2C[C@@](CC=C)(c3ccc(F)cc3)OC2=O)cc1. The number of hydrogen-bond acceptors (Lipinski definition) is 2. The highest BCUT2D eigenvalue weighted by Crippen LogP contribution is 2.40. The Balaban J connectivity index is 1.91. The smallest absolute Gasteiger partial charge is 0.411 e. The van der Waals surface area contributed by atoms with Gasteiger partial charge in [-0.15, -0.1) is 6.58 Å². The van der Waals surface area contributed by atoms with Crippen molar-refractivity contribution in [2.24, 2.45) is 0 Å². The molecule has 25 heavy (non-hydrogen) atoms. The van der Waals surface area contributed by atoms with E-state index in [-0.39, 0.29) is 11.9 Å². The maximum absolute atomic E-state index is 13.3. The normalized spacial score (nSPS) is 21.0. The molecular weight excluding hydrogens is 316 g/mol. The van der Waals surface area contributed by atoms with E-state index in [4.69, 9.17) is 12.6 Å². The lowest BCUT2D eigenvalue weighted by molar-refractivity contribution is 0.0568. The van der Waals surface area contributed by atoms with E-state index in [0.29, 0.717) is 18.4 Å². The molecule has 2 aromatic carbocycles. The van der Waals surface area contributed by atoms with E-state index in [0.717, 1.165) is 11.1 Å². The monoisotopic (exact) mass is 335 g/mol. The maximum Gasteiger partial charge on any atom is 0.411 e. The predicted octanol–water partition coefficient (Wildman–Crippen LogP) is 3.60. The standard InChI is InChI=1S/C20H19BFNO2/c1-3-12-20(16-6-10-18(22)11-7-16)13-23(19(24)25-20)14(2)15-4-8-17(21)9-5-15/h3-11,14H,1,12-13H2,2H3/t14-,20-/m0/s1. The zero-order valence-electron chi connectivity index (χ0n) is 14.1. The van der Waals surface area contributed by atoms with Gasteiger partial charge >= 0.3 is 6.09 Å². The quantitative estimate of drug-likeness (QED) is 0.617. The Morgan fingerprint density at radius 1 is 1.28 bits per heavy atom. The highest BCUT2D eigenvalue weighted by Gasteiger charge is 2.47. The van der Waals surface area contributed by atoms with Gasteiger partial charge in [0.05, 0.1) is 12.6 Å². The van der Waals surface area contributed by atoms with Crippen molar-refractivity contribution in [2.75, 3.05) is 6.54 Å². The molecule has 1 saturated heterocycles. The summed E-state index contributed by atoms with van der Waals surface area (Å²) in [5.41, 5.74) is 1.55. The van der Waals surface area contributed by atoms with Crippen LogP contribution in [-0.2, 0) is 10.3 Å². The van der Waals surface area contributed by atoms with Crippen LogP contribution >= 0.6 is 0 Å². The zero-order chi connectivity index (χ0) is 18.0. The molecule has 0 N–H and O–H groups in total. The molecule has 1 heterocycles. The molecule has 3 rings (SSSR count). The van der Waals surface area contributed by atoms with E-state index in [1.54, 1.807) is 23.1 Å². The highest BCUT2D eigenvalue weighted by atomic mass is 19.1. The average Bonchev–Trinajstić information content (AvgIpc) is 2.93. The van der Waals surface area contributed by atoms with Gasteiger partial charge in [0.15, 0.2) is 5.60 Å². The van der Waals surface area contributed by atoms with Gasteiger partial charge in [-0.1, -0.05) is 47.9 Å². The minimum absolute atomic E-state index is 0.166. The van der Waals surface area contributed by atoms with E-state index in [2.05, 4.69) is 6.58 Å². The molecule has 1 amide bonds. The molecule has 1 fully saturated rings. The number of hydrogen-bond donors (Lipinski definition) is 0. The number of amides is 1. The minimum Gasteiger partial charge on any atom is -0.436 e. The third kappa shape index (κ3) is 3.32. The second-order valence-corrected chi connectivity index (χ2v) is 6.33. The van der Waals surface area contributed by atoms with Gasteiger partial charge in [-0.3, -0.25) is 4.90 Å². The van der Waals surface area contributed by atoms with Crippen molar-refractivity contribution in [1.29, 1.82) is 0 Å². The first kappa shape index (κ1) is 17.3. The maximum atomic E-state index is 13.3. The molecule has 0 saturated carbocycles. The highest BCUT2D eigenvalue weighted by molar-refractivity contribution is 6.32. The van der Waals surface area contributed by atoms with E-state index in [9.17, 15) is 9.18 Å². The Labute approximate surface area is 148 Å². The second kappa shape index (κ2) is 6.75. The first-order valence-corrected chi connectivity index (χ1v) is 8.17. The molecule has 2 atom stereocenters. The summed E-state index contributed by atoms with van der Waals surface area (Å²) in [7, 11) is 5.73. The van der Waals surface area contributed by atoms with Crippen LogP contribution in [0.5, 0.6) is 0 Å². The van der Waals surface area contributed by atoms with E-state index >= 15 is 0 Å². The molecule has 2 aromatic rings. The summed E-state index contributed by atoms with van der Waals surface area (Å²) >= 11 is 0. The van der Waals surface area contributed by atoms with Gasteiger partial charge < -0.3 is 4.74 Å². The first-order chi connectivity index (χ1) is 11.9. The van der Waals surface area contributed by atoms with Crippen LogP contribution in [0.25, 0.3) is 0 Å². The first-order valence-electron chi connectivity index (χ1n) is 8.17. The summed E-state index contributed by atoms with van der Waals surface area (Å²) in [5.74, 6) is -0.325. The lowest BCUT2D eigenvalue weighted by Gasteiger charge is -2.28. The molecule has 0 aromatic heterocycles. The number of carbonyl (C=O) groups excluding carboxylic acids is 1. The van der Waals surface area contributed by atoms with Gasteiger partial charge in [0.25, 0.3) is 0 Å². The fraction of sp³-hybridized carbons (Fsp3) is 0.250. The van der Waals surface area contributed by atoms with Crippen molar-refractivity contribution in [1.82, 2.24) is 4.90 Å². The number of cyclic esters (lactones) is 1. The van der Waals surface area contributed by atoms with Crippen molar-refractivity contribution in [3.63, 3.8) is 0 Å². The molecule has 2 radical (unpaired) electrons. The number of ether oxygens (including phenoxy) is 1. The zero-order valence-corrected chi connectivity index (χ0v) is 14.1. The molecule has 5 heteroatoms. The molecule has 0 unspecified atom stereocenters. The van der Waals surface area contributed by atoms with Gasteiger partial charge in [-0.05, 0) is 30.2 Å². The van der Waals surface area contributed by atoms with Crippen LogP contribution in [0.3, 0.4) is 0 Å². The van der Waals surface area contributed by atoms with Gasteiger partial charge in [0.2, 0.25) is 0 Å². The number of nitrogens with zero attached hydrogens (tertiary/aromatic N) is 1. The number of benzene rings is 2. The average molecular weight is 335 g/mol. The lowest BCUT2D eigenvalue weighted by Crippen LogP contribution is -2.33. The molecular formula is C20H19BFNO2. The molecule has 0 spiro atoms. The van der Waals surface area contributed by atoms with Crippen LogP contribution in [0.4, 0.5) is 9.18 Å². The third-order valence-electron chi connectivity index (χ3n) is 4.67. The summed E-state index contributed by atoms with van der Waals surface area (Å²) in [6, 6.07) is 13.3. The van der Waals surface area contributed by atoms with Gasteiger partial charge in [0.1, 0.15) is 13.7 Å². The topological polar surface area (TPSA) is 29.5 Å². The van der Waals surface area contributed by atoms with Crippen LogP contribution in [0.1, 0.15) is 30.5 Å². The van der Waals surface area contributed by atoms with E-state index < -0.39 is 11.7 Å². The van der Waals surface area contributed by atoms with Gasteiger partial charge in [-0.2, -0.15) is 0 Å². The Kier molecular flexibility index (Phi) is 4.66. The second-order valence-electron chi connectivity index (χ2n) is 6.33. The van der Waals surface area contributed by atoms with Crippen LogP contribution in [0.2, 0.25) is 0 Å². The van der Waals surface area contributed by atoms with Crippen LogP contribution in [0, 0.1) is 5.82 Å². The number of carbonyl (C=O) groups is 1. The van der Waals surface area contributed by atoms with Gasteiger partial charge in [-0.25, -0.2) is 9.18 Å². The lowest BCUT2D eigenvalue weighted by atomic mass is 9.89. The Bertz CT molecular complexity index is 775. The fourth-order valence-corrected chi connectivity index (χ4v) is 3.21. The molecule has 1 aliphatic heterocycles. The summed E-state index contributed by atoms with van der Waals surface area (Å²) in [4.78, 5) is 14.2. The van der Waals surface area contributed by atoms with Crippen LogP contribution in [0.15, 0.2) is 61.2 Å². The molecule has 0 bridgehead atoms. The fourth-order valence-electron chi connectivity index (χ4n) is 3.21. The number of halogens is 1. The molecule has 1 aliphatic rings. The third-order valence-corrected chi connectivity index (χ3v) is 4.67. The Morgan fingerprint density at radius 3 is 2.52 bits per heavy atom. The van der Waals surface area contributed by atoms with E-state index in [1.165, 1.54) is 12.1 Å². The van der Waals surface area contributed by atoms with E-state index in [1.807, 2.05) is 31.2 Å². The summed E-state index contributed by atoms with van der Waals surface area (Å²) in [6.07, 6.45) is 1.78. The van der Waals surface area contributed by atoms with Crippen molar-refractivity contribution < 1.29 is 13.9 Å². The minimum atomic E-state index is -0.853. The Hall–Kier alpha value is -2.56. The van der Waals surface area contributed by atoms with Crippen molar-refractivity contribution in [3.8, 4) is 0 Å². The molecule has 3 nitrogen and oxygen atoms in total. The molecule has 0 aliphatic carbocycles. The van der Waals surface area contributed by atoms with Crippen LogP contribution < -0.4 is 5.46 Å². The predicted molar refractivity (Wildman–Crippen MR) is 96.3 cm³/mol. The largest absolute Gasteiger partial charge is 0.436 e. The number of rotatable bonds is 5.